The molecular formula is C17H20N4. The van der Waals surface area contributed by atoms with E-state index >= 15 is 0 Å². The molecule has 0 amide bonds. The summed E-state index contributed by atoms with van der Waals surface area (Å²) in [6, 6.07) is 14.7. The molecule has 108 valence electrons. The van der Waals surface area contributed by atoms with Gasteiger partial charge in [-0.05, 0) is 35.2 Å². The van der Waals surface area contributed by atoms with Crippen molar-refractivity contribution >= 4 is 22.9 Å². The zero-order chi connectivity index (χ0) is 14.5. The van der Waals surface area contributed by atoms with Crippen LogP contribution in [0.1, 0.15) is 18.4 Å². The molecule has 0 bridgehead atoms. The van der Waals surface area contributed by atoms with Gasteiger partial charge >= 0.3 is 0 Å². The van der Waals surface area contributed by atoms with Crippen molar-refractivity contribution in [2.75, 3.05) is 20.1 Å². The molecule has 1 aliphatic rings. The van der Waals surface area contributed by atoms with Gasteiger partial charge in [0.25, 0.3) is 0 Å². The minimum Gasteiger partial charge on any atom is -0.355 e. The van der Waals surface area contributed by atoms with Gasteiger partial charge in [0.05, 0.1) is 6.21 Å². The number of hydrogen-bond acceptors (Lipinski definition) is 4. The number of nitrogens with one attached hydrogen (secondary N) is 1. The van der Waals surface area contributed by atoms with E-state index in [1.165, 1.54) is 10.8 Å². The summed E-state index contributed by atoms with van der Waals surface area (Å²) in [7, 11) is 1.93. The molecule has 1 heterocycles. The Kier molecular flexibility index (Phi) is 4.15. The van der Waals surface area contributed by atoms with Crippen molar-refractivity contribution in [1.29, 1.82) is 0 Å². The first-order chi connectivity index (χ1) is 10.3. The van der Waals surface area contributed by atoms with Gasteiger partial charge < -0.3 is 5.32 Å². The van der Waals surface area contributed by atoms with E-state index in [-0.39, 0.29) is 0 Å². The Morgan fingerprint density at radius 3 is 2.90 bits per heavy atom. The molecule has 0 aliphatic carbocycles. The van der Waals surface area contributed by atoms with E-state index in [1.54, 1.807) is 5.01 Å². The molecule has 21 heavy (non-hydrogen) atoms. The van der Waals surface area contributed by atoms with Crippen molar-refractivity contribution in [3.8, 4) is 0 Å². The number of benzene rings is 2. The first kappa shape index (κ1) is 13.6. The third-order valence-electron chi connectivity index (χ3n) is 3.59. The molecule has 0 atom stereocenters. The van der Waals surface area contributed by atoms with E-state index in [1.807, 2.05) is 13.3 Å². The van der Waals surface area contributed by atoms with Crippen molar-refractivity contribution in [3.63, 3.8) is 0 Å². The first-order valence-electron chi connectivity index (χ1n) is 7.38. The molecule has 0 spiro atoms. The quantitative estimate of drug-likeness (QED) is 0.679. The fourth-order valence-electron chi connectivity index (χ4n) is 2.39. The summed E-state index contributed by atoms with van der Waals surface area (Å²) < 4.78 is 0. The monoisotopic (exact) mass is 280 g/mol. The Bertz CT molecular complexity index is 675. The van der Waals surface area contributed by atoms with Gasteiger partial charge in [-0.3, -0.25) is 4.99 Å². The fraction of sp³-hybridized carbons (Fsp3) is 0.294. The molecule has 1 N–H and O–H groups in total. The summed E-state index contributed by atoms with van der Waals surface area (Å²) in [5, 5.41) is 12.1. The minimum absolute atomic E-state index is 0.851. The Morgan fingerprint density at radius 1 is 1.14 bits per heavy atom. The van der Waals surface area contributed by atoms with Crippen LogP contribution in [0, 0.1) is 0 Å². The average molecular weight is 280 g/mol. The van der Waals surface area contributed by atoms with Crippen molar-refractivity contribution in [2.24, 2.45) is 10.1 Å². The average Bonchev–Trinajstić information content (AvgIpc) is 2.81. The van der Waals surface area contributed by atoms with E-state index in [0.29, 0.717) is 0 Å². The van der Waals surface area contributed by atoms with Crippen LogP contribution >= 0.6 is 0 Å². The Balaban J connectivity index is 1.75. The van der Waals surface area contributed by atoms with E-state index in [4.69, 9.17) is 0 Å². The molecule has 0 radical (unpaired) electrons. The molecule has 4 nitrogen and oxygen atoms in total. The number of nitrogens with zero attached hydrogens (tertiary/aromatic N) is 3. The van der Waals surface area contributed by atoms with Crippen LogP contribution in [0.15, 0.2) is 52.6 Å². The van der Waals surface area contributed by atoms with Gasteiger partial charge in [-0.25, -0.2) is 5.01 Å². The topological polar surface area (TPSA) is 40.0 Å². The second-order valence-electron chi connectivity index (χ2n) is 5.21. The van der Waals surface area contributed by atoms with Gasteiger partial charge in [0.1, 0.15) is 0 Å². The summed E-state index contributed by atoms with van der Waals surface area (Å²) in [5.74, 6) is 0.851. The second-order valence-corrected chi connectivity index (χ2v) is 5.21. The molecule has 2 aromatic rings. The van der Waals surface area contributed by atoms with E-state index in [2.05, 4.69) is 57.9 Å². The van der Waals surface area contributed by atoms with Crippen molar-refractivity contribution in [1.82, 2.24) is 10.3 Å². The molecular weight excluding hydrogens is 260 g/mol. The molecule has 0 aromatic heterocycles. The van der Waals surface area contributed by atoms with Crippen LogP contribution in [0.25, 0.3) is 10.8 Å². The van der Waals surface area contributed by atoms with Gasteiger partial charge in [-0.15, -0.1) is 0 Å². The number of aliphatic imine (C=N–C) groups is 1. The number of hydrogen-bond donors (Lipinski definition) is 1. The molecule has 2 aromatic carbocycles. The second kappa shape index (κ2) is 6.39. The van der Waals surface area contributed by atoms with E-state index in [0.717, 1.165) is 37.5 Å². The fourth-order valence-corrected chi connectivity index (χ4v) is 2.39. The minimum atomic E-state index is 0.851. The van der Waals surface area contributed by atoms with Crippen molar-refractivity contribution in [3.05, 3.63) is 48.0 Å². The summed E-state index contributed by atoms with van der Waals surface area (Å²) in [4.78, 5) is 4.50. The lowest BCUT2D eigenvalue weighted by Gasteiger charge is -2.15. The van der Waals surface area contributed by atoms with Crippen LogP contribution in [0.2, 0.25) is 0 Å². The van der Waals surface area contributed by atoms with Crippen LogP contribution in [-0.4, -0.2) is 37.3 Å². The SMILES string of the molecule is CN(/N=C/c1ccc2ccccc2c1)C1=NCCCCN1. The van der Waals surface area contributed by atoms with Crippen LogP contribution in [0.5, 0.6) is 0 Å². The maximum atomic E-state index is 4.50. The van der Waals surface area contributed by atoms with Crippen LogP contribution in [0.3, 0.4) is 0 Å². The number of fused-ring (bicyclic) bond motifs is 1. The summed E-state index contributed by atoms with van der Waals surface area (Å²) in [6.45, 7) is 1.84. The van der Waals surface area contributed by atoms with Gasteiger partial charge in [-0.2, -0.15) is 5.10 Å². The third-order valence-corrected chi connectivity index (χ3v) is 3.59. The van der Waals surface area contributed by atoms with Gasteiger partial charge in [0, 0.05) is 20.1 Å². The Labute approximate surface area is 125 Å². The zero-order valence-corrected chi connectivity index (χ0v) is 12.3. The summed E-state index contributed by atoms with van der Waals surface area (Å²) >= 11 is 0. The Hall–Kier alpha value is -2.36. The molecule has 1 aliphatic heterocycles. The van der Waals surface area contributed by atoms with Crippen LogP contribution in [0.4, 0.5) is 0 Å². The van der Waals surface area contributed by atoms with Gasteiger partial charge in [0.2, 0.25) is 5.96 Å². The van der Waals surface area contributed by atoms with Gasteiger partial charge in [0.15, 0.2) is 0 Å². The number of rotatable bonds is 2. The first-order valence-corrected chi connectivity index (χ1v) is 7.38. The number of hydrazone groups is 1. The largest absolute Gasteiger partial charge is 0.355 e. The normalized spacial score (nSPS) is 15.6. The highest BCUT2D eigenvalue weighted by Crippen LogP contribution is 2.14. The zero-order valence-electron chi connectivity index (χ0n) is 12.3. The van der Waals surface area contributed by atoms with Crippen molar-refractivity contribution in [2.45, 2.75) is 12.8 Å². The molecule has 0 saturated carbocycles. The van der Waals surface area contributed by atoms with Gasteiger partial charge in [-0.1, -0.05) is 36.4 Å². The van der Waals surface area contributed by atoms with E-state index < -0.39 is 0 Å². The lowest BCUT2D eigenvalue weighted by atomic mass is 10.1. The molecule has 0 fully saturated rings. The highest BCUT2D eigenvalue weighted by molar-refractivity contribution is 5.91. The third kappa shape index (κ3) is 3.40. The summed E-state index contributed by atoms with van der Waals surface area (Å²) in [6.07, 6.45) is 4.18. The van der Waals surface area contributed by atoms with Crippen LogP contribution in [-0.2, 0) is 0 Å². The Morgan fingerprint density at radius 2 is 2.00 bits per heavy atom. The maximum absolute atomic E-state index is 4.50. The highest BCUT2D eigenvalue weighted by atomic mass is 15.5. The molecule has 0 saturated heterocycles. The summed E-state index contributed by atoms with van der Waals surface area (Å²) in [5.41, 5.74) is 1.09. The lowest BCUT2D eigenvalue weighted by molar-refractivity contribution is 0.521. The maximum Gasteiger partial charge on any atom is 0.214 e. The van der Waals surface area contributed by atoms with Crippen LogP contribution < -0.4 is 5.32 Å². The highest BCUT2D eigenvalue weighted by Gasteiger charge is 2.06. The predicted molar refractivity (Wildman–Crippen MR) is 88.8 cm³/mol. The van der Waals surface area contributed by atoms with Crippen molar-refractivity contribution < 1.29 is 0 Å². The van der Waals surface area contributed by atoms with E-state index in [9.17, 15) is 0 Å². The number of guanidine groups is 1. The molecule has 3 rings (SSSR count). The smallest absolute Gasteiger partial charge is 0.214 e. The predicted octanol–water partition coefficient (Wildman–Crippen LogP) is 2.84. The molecule has 0 unspecified atom stereocenters. The standard InChI is InChI=1S/C17H20N4/c1-21(17-18-10-4-5-11-19-17)20-13-14-8-9-15-6-2-3-7-16(15)12-14/h2-3,6-9,12-13H,4-5,10-11H2,1H3,(H,18,19)/b20-13+. The molecule has 4 heteroatoms. The lowest BCUT2D eigenvalue weighted by Crippen LogP contribution is -2.35.